The molecule has 1 aromatic rings. The fourth-order valence-corrected chi connectivity index (χ4v) is 1.47. The fraction of sp³-hybridized carbons (Fsp3) is 0.417. The van der Waals surface area contributed by atoms with E-state index in [0.29, 0.717) is 17.9 Å². The molecule has 0 unspecified atom stereocenters. The molecule has 0 aliphatic heterocycles. The Morgan fingerprint density at radius 2 is 2.06 bits per heavy atom. The lowest BCUT2D eigenvalue weighted by Crippen LogP contribution is -2.36. The molecule has 0 heterocycles. The Kier molecular flexibility index (Phi) is 5.29. The molecule has 0 saturated heterocycles. The Bertz CT molecular complexity index is 333. The number of alkyl halides is 1. The minimum Gasteiger partial charge on any atom is -0.394 e. The van der Waals surface area contributed by atoms with E-state index in [-0.39, 0.29) is 18.6 Å². The fourth-order valence-electron chi connectivity index (χ4n) is 1.29. The summed E-state index contributed by atoms with van der Waals surface area (Å²) in [5.41, 5.74) is 1.56. The lowest BCUT2D eigenvalue weighted by molar-refractivity contribution is 0.0915. The van der Waals surface area contributed by atoms with Crippen LogP contribution in [-0.4, -0.2) is 23.7 Å². The third-order valence-electron chi connectivity index (χ3n) is 2.42. The molecule has 88 valence electrons. The van der Waals surface area contributed by atoms with E-state index in [2.05, 4.69) is 5.32 Å². The number of benzene rings is 1. The van der Waals surface area contributed by atoms with Gasteiger partial charge in [-0.05, 0) is 24.1 Å². The van der Waals surface area contributed by atoms with Gasteiger partial charge in [-0.3, -0.25) is 4.79 Å². The Hall–Kier alpha value is -1.06. The van der Waals surface area contributed by atoms with Crippen molar-refractivity contribution in [1.82, 2.24) is 5.32 Å². The van der Waals surface area contributed by atoms with Crippen LogP contribution in [0.5, 0.6) is 0 Å². The average Bonchev–Trinajstić information content (AvgIpc) is 2.35. The predicted octanol–water partition coefficient (Wildman–Crippen LogP) is 1.93. The lowest BCUT2D eigenvalue weighted by atomic mass is 10.1. The number of aliphatic hydroxyl groups excluding tert-OH is 1. The van der Waals surface area contributed by atoms with E-state index in [1.165, 1.54) is 0 Å². The highest BCUT2D eigenvalue weighted by molar-refractivity contribution is 6.17. The van der Waals surface area contributed by atoms with Crippen LogP contribution in [0.4, 0.5) is 0 Å². The van der Waals surface area contributed by atoms with E-state index in [0.717, 1.165) is 5.56 Å². The molecule has 0 aliphatic carbocycles. The van der Waals surface area contributed by atoms with Crippen molar-refractivity contribution < 1.29 is 9.90 Å². The molecule has 1 atom stereocenters. The minimum absolute atomic E-state index is 0.0397. The number of amides is 1. The van der Waals surface area contributed by atoms with Crippen LogP contribution in [0.3, 0.4) is 0 Å². The van der Waals surface area contributed by atoms with Crippen molar-refractivity contribution in [3.8, 4) is 0 Å². The highest BCUT2D eigenvalue weighted by Gasteiger charge is 2.10. The van der Waals surface area contributed by atoms with Crippen molar-refractivity contribution in [2.24, 2.45) is 0 Å². The Morgan fingerprint density at radius 3 is 2.50 bits per heavy atom. The van der Waals surface area contributed by atoms with E-state index in [1.54, 1.807) is 12.1 Å². The molecule has 0 spiro atoms. The molecule has 0 aliphatic rings. The maximum atomic E-state index is 11.7. The van der Waals surface area contributed by atoms with E-state index in [4.69, 9.17) is 16.7 Å². The zero-order chi connectivity index (χ0) is 12.0. The summed E-state index contributed by atoms with van der Waals surface area (Å²) in [6.45, 7) is 1.87. The summed E-state index contributed by atoms with van der Waals surface area (Å²) in [5, 5.41) is 11.7. The number of aliphatic hydroxyl groups is 1. The van der Waals surface area contributed by atoms with E-state index in [9.17, 15) is 4.79 Å². The van der Waals surface area contributed by atoms with Gasteiger partial charge < -0.3 is 10.4 Å². The molecule has 2 N–H and O–H groups in total. The third-order valence-corrected chi connectivity index (χ3v) is 2.73. The number of halogens is 1. The van der Waals surface area contributed by atoms with E-state index >= 15 is 0 Å². The maximum absolute atomic E-state index is 11.7. The predicted molar refractivity (Wildman–Crippen MR) is 64.6 cm³/mol. The maximum Gasteiger partial charge on any atom is 0.251 e. The molecule has 4 heteroatoms. The summed E-state index contributed by atoms with van der Waals surface area (Å²) in [6.07, 6.45) is 0.710. The summed E-state index contributed by atoms with van der Waals surface area (Å²) >= 11 is 5.65. The summed E-state index contributed by atoms with van der Waals surface area (Å²) < 4.78 is 0. The van der Waals surface area contributed by atoms with Crippen LogP contribution in [0.1, 0.15) is 29.3 Å². The average molecular weight is 242 g/mol. The summed E-state index contributed by atoms with van der Waals surface area (Å²) in [5.74, 6) is 0.276. The van der Waals surface area contributed by atoms with Crippen LogP contribution in [0.25, 0.3) is 0 Å². The van der Waals surface area contributed by atoms with Crippen molar-refractivity contribution >= 4 is 17.5 Å². The first-order chi connectivity index (χ1) is 7.71. The highest BCUT2D eigenvalue weighted by atomic mass is 35.5. The van der Waals surface area contributed by atoms with Crippen molar-refractivity contribution in [3.63, 3.8) is 0 Å². The summed E-state index contributed by atoms with van der Waals surface area (Å²) in [4.78, 5) is 11.7. The van der Waals surface area contributed by atoms with Crippen molar-refractivity contribution in [1.29, 1.82) is 0 Å². The second-order valence-corrected chi connectivity index (χ2v) is 3.86. The molecule has 0 saturated carbocycles. The number of rotatable bonds is 5. The minimum atomic E-state index is -0.180. The molecule has 0 radical (unpaired) electrons. The Labute approximate surface area is 100 Å². The van der Waals surface area contributed by atoms with Gasteiger partial charge in [0.05, 0.1) is 12.6 Å². The Morgan fingerprint density at radius 1 is 1.44 bits per heavy atom. The van der Waals surface area contributed by atoms with Gasteiger partial charge in [0.1, 0.15) is 0 Å². The molecule has 0 bridgehead atoms. The molecule has 0 aromatic heterocycles. The highest BCUT2D eigenvalue weighted by Crippen LogP contribution is 2.07. The van der Waals surface area contributed by atoms with Gasteiger partial charge in [0, 0.05) is 11.4 Å². The monoisotopic (exact) mass is 241 g/mol. The van der Waals surface area contributed by atoms with Gasteiger partial charge in [-0.2, -0.15) is 0 Å². The van der Waals surface area contributed by atoms with Crippen molar-refractivity contribution in [2.75, 3.05) is 6.61 Å². The van der Waals surface area contributed by atoms with Crippen LogP contribution in [0, 0.1) is 0 Å². The van der Waals surface area contributed by atoms with Gasteiger partial charge in [-0.15, -0.1) is 11.6 Å². The molecule has 0 fully saturated rings. The quantitative estimate of drug-likeness (QED) is 0.774. The topological polar surface area (TPSA) is 49.3 Å². The number of carbonyl (C=O) groups excluding carboxylic acids is 1. The Balaban J connectivity index is 2.65. The summed E-state index contributed by atoms with van der Waals surface area (Å²) in [7, 11) is 0. The molecule has 1 amide bonds. The number of hydrogen-bond acceptors (Lipinski definition) is 2. The number of hydrogen-bond donors (Lipinski definition) is 2. The second kappa shape index (κ2) is 6.51. The van der Waals surface area contributed by atoms with E-state index < -0.39 is 0 Å². The van der Waals surface area contributed by atoms with Gasteiger partial charge >= 0.3 is 0 Å². The zero-order valence-corrected chi connectivity index (χ0v) is 10.00. The van der Waals surface area contributed by atoms with Gasteiger partial charge in [-0.1, -0.05) is 19.1 Å². The molecular weight excluding hydrogens is 226 g/mol. The molecule has 16 heavy (non-hydrogen) atoms. The van der Waals surface area contributed by atoms with Crippen molar-refractivity contribution in [3.05, 3.63) is 35.4 Å². The van der Waals surface area contributed by atoms with Gasteiger partial charge in [0.2, 0.25) is 0 Å². The van der Waals surface area contributed by atoms with Crippen LogP contribution < -0.4 is 5.32 Å². The van der Waals surface area contributed by atoms with Gasteiger partial charge in [0.15, 0.2) is 0 Å². The lowest BCUT2D eigenvalue weighted by Gasteiger charge is -2.13. The first-order valence-corrected chi connectivity index (χ1v) is 5.81. The first-order valence-electron chi connectivity index (χ1n) is 5.27. The standard InChI is InChI=1S/C12H16ClNO2/c1-2-11(8-15)14-12(16)10-5-3-9(7-13)4-6-10/h3-6,11,15H,2,7-8H2,1H3,(H,14,16)/t11-/m1/s1. The smallest absolute Gasteiger partial charge is 0.251 e. The molecule has 1 aromatic carbocycles. The third kappa shape index (κ3) is 3.51. The second-order valence-electron chi connectivity index (χ2n) is 3.59. The summed E-state index contributed by atoms with van der Waals surface area (Å²) in [6, 6.07) is 6.93. The molecule has 1 rings (SSSR count). The van der Waals surface area contributed by atoms with Crippen LogP contribution in [-0.2, 0) is 5.88 Å². The number of carbonyl (C=O) groups is 1. The van der Waals surface area contributed by atoms with Crippen molar-refractivity contribution in [2.45, 2.75) is 25.3 Å². The van der Waals surface area contributed by atoms with Crippen LogP contribution >= 0.6 is 11.6 Å². The first kappa shape index (κ1) is 13.0. The largest absolute Gasteiger partial charge is 0.394 e. The molecule has 3 nitrogen and oxygen atoms in total. The van der Waals surface area contributed by atoms with Gasteiger partial charge in [0.25, 0.3) is 5.91 Å². The molecular formula is C12H16ClNO2. The van der Waals surface area contributed by atoms with E-state index in [1.807, 2.05) is 19.1 Å². The van der Waals surface area contributed by atoms with Crippen LogP contribution in [0.2, 0.25) is 0 Å². The number of nitrogens with one attached hydrogen (secondary N) is 1. The van der Waals surface area contributed by atoms with Crippen LogP contribution in [0.15, 0.2) is 24.3 Å². The SMILES string of the molecule is CC[C@H](CO)NC(=O)c1ccc(CCl)cc1. The zero-order valence-electron chi connectivity index (χ0n) is 9.24. The van der Waals surface area contributed by atoms with Gasteiger partial charge in [-0.25, -0.2) is 0 Å². The normalized spacial score (nSPS) is 12.2.